The first-order chi connectivity index (χ1) is 11.9. The zero-order chi connectivity index (χ0) is 17.9. The molecule has 0 radical (unpaired) electrons. The van der Waals surface area contributed by atoms with E-state index in [-0.39, 0.29) is 10.8 Å². The molecule has 7 heteroatoms. The van der Waals surface area contributed by atoms with Crippen LogP contribution in [0.15, 0.2) is 53.4 Å². The first kappa shape index (κ1) is 17.4. The predicted octanol–water partition coefficient (Wildman–Crippen LogP) is 0.509. The Hall–Kier alpha value is -2.38. The Labute approximate surface area is 146 Å². The van der Waals surface area contributed by atoms with Crippen LogP contribution in [-0.2, 0) is 27.7 Å². The van der Waals surface area contributed by atoms with Crippen molar-refractivity contribution in [2.75, 3.05) is 13.2 Å². The lowest BCUT2D eigenvalue weighted by atomic mass is 10.1. The molecule has 2 aromatic carbocycles. The van der Waals surface area contributed by atoms with Gasteiger partial charge in [-0.15, -0.1) is 0 Å². The summed E-state index contributed by atoms with van der Waals surface area (Å²) >= 11 is 0. The number of carbonyl (C=O) groups excluding carboxylic acids is 1. The zero-order valence-electron chi connectivity index (χ0n) is 13.5. The van der Waals surface area contributed by atoms with E-state index in [1.54, 1.807) is 36.4 Å². The molecule has 3 rings (SSSR count). The number of carbonyl (C=O) groups is 1. The fourth-order valence-electron chi connectivity index (χ4n) is 2.97. The van der Waals surface area contributed by atoms with Crippen LogP contribution in [0.5, 0.6) is 5.75 Å². The number of benzene rings is 2. The quantitative estimate of drug-likeness (QED) is 0.776. The number of aliphatic carboxylic acids is 1. The normalized spacial score (nSPS) is 16.4. The van der Waals surface area contributed by atoms with Crippen LogP contribution in [0.1, 0.15) is 11.1 Å². The van der Waals surface area contributed by atoms with Gasteiger partial charge in [0.2, 0.25) is 10.0 Å². The van der Waals surface area contributed by atoms with Crippen LogP contribution in [0, 0.1) is 5.92 Å². The largest absolute Gasteiger partial charge is 0.546 e. The van der Waals surface area contributed by atoms with Gasteiger partial charge in [-0.3, -0.25) is 0 Å². The molecule has 0 fully saturated rings. The number of hydrogen-bond acceptors (Lipinski definition) is 5. The molecule has 0 amide bonds. The van der Waals surface area contributed by atoms with E-state index in [9.17, 15) is 18.3 Å². The third kappa shape index (κ3) is 4.37. The van der Waals surface area contributed by atoms with Crippen molar-refractivity contribution in [3.63, 3.8) is 0 Å². The molecule has 0 spiro atoms. The van der Waals surface area contributed by atoms with Gasteiger partial charge in [-0.2, -0.15) is 0 Å². The standard InChI is InChI=1S/C18H19NO5S/c20-18(21)12-24-16-7-6-14-8-13(9-15(14)10-16)11-19-25(22,23)17-4-2-1-3-5-17/h1-7,10,13,19H,8-9,11-12H2,(H,20,21)/p-1. The number of fused-ring (bicyclic) bond motifs is 1. The Morgan fingerprint density at radius 3 is 2.56 bits per heavy atom. The Kier molecular flexibility index (Phi) is 5.06. The lowest BCUT2D eigenvalue weighted by Crippen LogP contribution is -2.29. The molecule has 132 valence electrons. The maximum atomic E-state index is 12.3. The molecule has 1 N–H and O–H groups in total. The van der Waals surface area contributed by atoms with Crippen molar-refractivity contribution in [2.45, 2.75) is 17.7 Å². The number of rotatable bonds is 7. The average Bonchev–Trinajstić information content (AvgIpc) is 3.01. The molecule has 2 aromatic rings. The number of carboxylic acids is 1. The van der Waals surface area contributed by atoms with Crippen molar-refractivity contribution in [3.8, 4) is 5.75 Å². The van der Waals surface area contributed by atoms with E-state index in [1.807, 2.05) is 12.1 Å². The molecule has 0 heterocycles. The summed E-state index contributed by atoms with van der Waals surface area (Å²) in [4.78, 5) is 10.7. The fraction of sp³-hybridized carbons (Fsp3) is 0.278. The van der Waals surface area contributed by atoms with E-state index < -0.39 is 22.6 Å². The van der Waals surface area contributed by atoms with Crippen LogP contribution in [-0.4, -0.2) is 27.5 Å². The maximum absolute atomic E-state index is 12.3. The van der Waals surface area contributed by atoms with Gasteiger partial charge < -0.3 is 14.6 Å². The lowest BCUT2D eigenvalue weighted by Gasteiger charge is -2.11. The zero-order valence-corrected chi connectivity index (χ0v) is 14.3. The van der Waals surface area contributed by atoms with Gasteiger partial charge in [0, 0.05) is 6.54 Å². The molecule has 25 heavy (non-hydrogen) atoms. The van der Waals surface area contributed by atoms with Crippen molar-refractivity contribution in [1.29, 1.82) is 0 Å². The van der Waals surface area contributed by atoms with Crippen LogP contribution < -0.4 is 14.6 Å². The molecule has 0 saturated carbocycles. The summed E-state index contributed by atoms with van der Waals surface area (Å²) < 4.78 is 32.3. The first-order valence-electron chi connectivity index (χ1n) is 7.93. The second-order valence-corrected chi connectivity index (χ2v) is 7.80. The summed E-state index contributed by atoms with van der Waals surface area (Å²) in [5.74, 6) is -0.632. The third-order valence-electron chi connectivity index (χ3n) is 4.17. The van der Waals surface area contributed by atoms with Crippen molar-refractivity contribution in [1.82, 2.24) is 4.72 Å². The molecular weight excluding hydrogens is 342 g/mol. The van der Waals surface area contributed by atoms with Gasteiger partial charge in [0.1, 0.15) is 12.4 Å². The summed E-state index contributed by atoms with van der Waals surface area (Å²) in [6.45, 7) is -0.139. The van der Waals surface area contributed by atoms with E-state index in [0.717, 1.165) is 24.0 Å². The van der Waals surface area contributed by atoms with Crippen LogP contribution in [0.25, 0.3) is 0 Å². The van der Waals surface area contributed by atoms with Crippen LogP contribution in [0.4, 0.5) is 0 Å². The molecule has 0 aromatic heterocycles. The highest BCUT2D eigenvalue weighted by Gasteiger charge is 2.24. The molecule has 1 unspecified atom stereocenters. The van der Waals surface area contributed by atoms with Gasteiger partial charge in [-0.1, -0.05) is 24.3 Å². The molecule has 1 aliphatic rings. The van der Waals surface area contributed by atoms with Crippen LogP contribution in [0.2, 0.25) is 0 Å². The van der Waals surface area contributed by atoms with Crippen molar-refractivity contribution in [2.24, 2.45) is 5.92 Å². The highest BCUT2D eigenvalue weighted by atomic mass is 32.2. The maximum Gasteiger partial charge on any atom is 0.240 e. The number of ether oxygens (including phenoxy) is 1. The number of nitrogens with one attached hydrogen (secondary N) is 1. The Balaban J connectivity index is 1.60. The van der Waals surface area contributed by atoms with E-state index in [0.29, 0.717) is 12.3 Å². The molecule has 1 aliphatic carbocycles. The fourth-order valence-corrected chi connectivity index (χ4v) is 4.11. The molecule has 0 bridgehead atoms. The molecular formula is C18H18NO5S-. The van der Waals surface area contributed by atoms with Gasteiger partial charge in [-0.25, -0.2) is 13.1 Å². The van der Waals surface area contributed by atoms with Gasteiger partial charge in [-0.05, 0) is 54.2 Å². The average molecular weight is 360 g/mol. The van der Waals surface area contributed by atoms with Gasteiger partial charge in [0.15, 0.2) is 0 Å². The number of carboxylic acid groups (broad SMARTS) is 1. The Morgan fingerprint density at radius 1 is 1.12 bits per heavy atom. The summed E-state index contributed by atoms with van der Waals surface area (Å²) in [5.41, 5.74) is 2.18. The van der Waals surface area contributed by atoms with E-state index in [1.165, 1.54) is 0 Å². The van der Waals surface area contributed by atoms with Crippen LogP contribution >= 0.6 is 0 Å². The monoisotopic (exact) mass is 360 g/mol. The van der Waals surface area contributed by atoms with Crippen LogP contribution in [0.3, 0.4) is 0 Å². The highest BCUT2D eigenvalue weighted by molar-refractivity contribution is 7.89. The van der Waals surface area contributed by atoms with E-state index >= 15 is 0 Å². The number of sulfonamides is 1. The Bertz CT molecular complexity index is 864. The lowest BCUT2D eigenvalue weighted by molar-refractivity contribution is -0.307. The predicted molar refractivity (Wildman–Crippen MR) is 89.5 cm³/mol. The minimum Gasteiger partial charge on any atom is -0.546 e. The highest BCUT2D eigenvalue weighted by Crippen LogP contribution is 2.29. The molecule has 0 saturated heterocycles. The second-order valence-electron chi connectivity index (χ2n) is 6.03. The minimum absolute atomic E-state index is 0.157. The smallest absolute Gasteiger partial charge is 0.240 e. The van der Waals surface area contributed by atoms with Crippen molar-refractivity contribution < 1.29 is 23.1 Å². The van der Waals surface area contributed by atoms with Gasteiger partial charge in [0.05, 0.1) is 10.9 Å². The SMILES string of the molecule is O=C([O-])COc1ccc2c(c1)CC(CNS(=O)(=O)c1ccccc1)C2. The first-order valence-corrected chi connectivity index (χ1v) is 9.41. The Morgan fingerprint density at radius 2 is 1.84 bits per heavy atom. The second kappa shape index (κ2) is 7.25. The summed E-state index contributed by atoms with van der Waals surface area (Å²) in [7, 11) is -3.51. The van der Waals surface area contributed by atoms with Crippen molar-refractivity contribution >= 4 is 16.0 Å². The third-order valence-corrected chi connectivity index (χ3v) is 5.61. The van der Waals surface area contributed by atoms with E-state index in [4.69, 9.17) is 4.74 Å². The summed E-state index contributed by atoms with van der Waals surface area (Å²) in [6, 6.07) is 13.7. The molecule has 1 atom stereocenters. The summed E-state index contributed by atoms with van der Waals surface area (Å²) in [5, 5.41) is 10.5. The van der Waals surface area contributed by atoms with Crippen molar-refractivity contribution in [3.05, 3.63) is 59.7 Å². The van der Waals surface area contributed by atoms with Gasteiger partial charge in [0.25, 0.3) is 0 Å². The summed E-state index contributed by atoms with van der Waals surface area (Å²) in [6.07, 6.45) is 1.49. The minimum atomic E-state index is -3.51. The van der Waals surface area contributed by atoms with Gasteiger partial charge >= 0.3 is 0 Å². The molecule has 0 aliphatic heterocycles. The molecule has 6 nitrogen and oxygen atoms in total. The topological polar surface area (TPSA) is 95.5 Å². The number of hydrogen-bond donors (Lipinski definition) is 1. The van der Waals surface area contributed by atoms with E-state index in [2.05, 4.69) is 4.72 Å².